The number of benzene rings is 2. The molecule has 6 nitrogen and oxygen atoms in total. The molecule has 1 saturated carbocycles. The minimum absolute atomic E-state index is 0. The van der Waals surface area contributed by atoms with E-state index in [0.717, 1.165) is 60.5 Å². The summed E-state index contributed by atoms with van der Waals surface area (Å²) in [6.07, 6.45) is 4.01. The van der Waals surface area contributed by atoms with Crippen LogP contribution in [-0.4, -0.2) is 25.0 Å². The number of carbonyl (C=O) groups excluding carboxylic acids is 2. The van der Waals surface area contributed by atoms with Crippen LogP contribution in [-0.2, 0) is 22.6 Å². The Morgan fingerprint density at radius 1 is 1.19 bits per heavy atom. The van der Waals surface area contributed by atoms with E-state index in [2.05, 4.69) is 23.5 Å². The van der Waals surface area contributed by atoms with Gasteiger partial charge in [0.2, 0.25) is 5.91 Å². The van der Waals surface area contributed by atoms with Gasteiger partial charge in [0.1, 0.15) is 5.75 Å². The van der Waals surface area contributed by atoms with Crippen molar-refractivity contribution in [2.24, 2.45) is 5.92 Å². The Labute approximate surface area is 204 Å². The van der Waals surface area contributed by atoms with Crippen molar-refractivity contribution < 1.29 is 49.0 Å². The van der Waals surface area contributed by atoms with Gasteiger partial charge in [0.05, 0.1) is 12.3 Å². The molecule has 0 spiro atoms. The summed E-state index contributed by atoms with van der Waals surface area (Å²) in [5.74, 6) is -0.0000617. The molecule has 0 saturated heterocycles. The number of rotatable bonds is 6. The molecule has 5 rings (SSSR count). The molecule has 1 atom stereocenters. The number of carbonyl (C=O) groups is 2. The Bertz CT molecular complexity index is 1010. The van der Waals surface area contributed by atoms with Crippen molar-refractivity contribution >= 4 is 23.3 Å². The SMILES string of the molecule is O=C([O-])CC1COc2cc(NCc3cccc4c3N(C(=O)C3CC3)CCC4)ccc21.[Na+]. The maximum atomic E-state index is 12.8. The number of anilines is 2. The summed E-state index contributed by atoms with van der Waals surface area (Å²) in [6, 6.07) is 12.1. The summed E-state index contributed by atoms with van der Waals surface area (Å²) >= 11 is 0. The van der Waals surface area contributed by atoms with Crippen LogP contribution >= 0.6 is 0 Å². The quantitative estimate of drug-likeness (QED) is 0.634. The first-order chi connectivity index (χ1) is 14.6. The molecule has 0 bridgehead atoms. The van der Waals surface area contributed by atoms with E-state index < -0.39 is 5.97 Å². The monoisotopic (exact) mass is 428 g/mol. The topological polar surface area (TPSA) is 81.7 Å². The van der Waals surface area contributed by atoms with Crippen molar-refractivity contribution in [3.8, 4) is 5.75 Å². The van der Waals surface area contributed by atoms with Crippen molar-refractivity contribution in [2.75, 3.05) is 23.4 Å². The average Bonchev–Trinajstić information content (AvgIpc) is 3.53. The van der Waals surface area contributed by atoms with Crippen LogP contribution in [0.1, 0.15) is 48.3 Å². The molecule has 0 radical (unpaired) electrons. The van der Waals surface area contributed by atoms with Gasteiger partial charge in [-0.15, -0.1) is 0 Å². The van der Waals surface area contributed by atoms with E-state index in [-0.39, 0.29) is 53.7 Å². The predicted molar refractivity (Wildman–Crippen MR) is 111 cm³/mol. The zero-order valence-electron chi connectivity index (χ0n) is 17.9. The van der Waals surface area contributed by atoms with Crippen molar-refractivity contribution in [2.45, 2.75) is 44.6 Å². The largest absolute Gasteiger partial charge is 1.00 e. The van der Waals surface area contributed by atoms with Crippen LogP contribution in [0.4, 0.5) is 11.4 Å². The molecule has 7 heteroatoms. The van der Waals surface area contributed by atoms with Crippen LogP contribution in [0.2, 0.25) is 0 Å². The summed E-state index contributed by atoms with van der Waals surface area (Å²) in [5.41, 5.74) is 5.29. The summed E-state index contributed by atoms with van der Waals surface area (Å²) in [6.45, 7) is 1.78. The molecule has 2 aromatic rings. The van der Waals surface area contributed by atoms with Gasteiger partial charge in [-0.2, -0.15) is 0 Å². The van der Waals surface area contributed by atoms with E-state index in [0.29, 0.717) is 13.2 Å². The van der Waals surface area contributed by atoms with E-state index >= 15 is 0 Å². The molecular formula is C24H25N2NaO4. The van der Waals surface area contributed by atoms with Gasteiger partial charge >= 0.3 is 29.6 Å². The van der Waals surface area contributed by atoms with Gasteiger partial charge < -0.3 is 24.9 Å². The van der Waals surface area contributed by atoms with Crippen LogP contribution in [0.15, 0.2) is 36.4 Å². The average molecular weight is 428 g/mol. The standard InChI is InChI=1S/C24H26N2O4.Na/c27-22(28)11-18-14-30-21-12-19(8-9-20(18)21)25-13-17-4-1-3-15-5-2-10-26(23(15)17)24(29)16-6-7-16;/h1,3-4,8-9,12,16,18,25H,2,5-7,10-11,13-14H2,(H,27,28);/q;+1/p-1. The fourth-order valence-corrected chi connectivity index (χ4v) is 4.60. The molecule has 0 aromatic heterocycles. The Morgan fingerprint density at radius 3 is 2.81 bits per heavy atom. The second-order valence-corrected chi connectivity index (χ2v) is 8.48. The summed E-state index contributed by atoms with van der Waals surface area (Å²) < 4.78 is 5.69. The zero-order chi connectivity index (χ0) is 20.7. The smallest absolute Gasteiger partial charge is 0.550 e. The predicted octanol–water partition coefficient (Wildman–Crippen LogP) is -0.392. The summed E-state index contributed by atoms with van der Waals surface area (Å²) in [5, 5.41) is 14.4. The molecule has 2 aromatic carbocycles. The molecule has 2 heterocycles. The number of carboxylic acids is 1. The zero-order valence-corrected chi connectivity index (χ0v) is 19.9. The van der Waals surface area contributed by atoms with Crippen molar-refractivity contribution in [1.82, 2.24) is 0 Å². The van der Waals surface area contributed by atoms with Gasteiger partial charge in [-0.05, 0) is 49.3 Å². The van der Waals surface area contributed by atoms with Gasteiger partial charge in [-0.25, -0.2) is 0 Å². The fraction of sp³-hybridized carbons (Fsp3) is 0.417. The third-order valence-electron chi connectivity index (χ3n) is 6.28. The minimum Gasteiger partial charge on any atom is -0.550 e. The molecule has 1 N–H and O–H groups in total. The molecule has 1 fully saturated rings. The van der Waals surface area contributed by atoms with Crippen molar-refractivity contribution in [3.63, 3.8) is 0 Å². The Kier molecular flexibility index (Phi) is 6.60. The molecule has 3 aliphatic rings. The first-order valence-electron chi connectivity index (χ1n) is 10.7. The first-order valence-corrected chi connectivity index (χ1v) is 10.7. The maximum absolute atomic E-state index is 12.8. The second kappa shape index (κ2) is 9.23. The number of carboxylic acid groups (broad SMARTS) is 1. The minimum atomic E-state index is -1.06. The molecule has 1 aliphatic carbocycles. The van der Waals surface area contributed by atoms with Gasteiger partial charge in [0, 0.05) is 48.2 Å². The van der Waals surface area contributed by atoms with E-state index in [4.69, 9.17) is 4.74 Å². The number of hydrogen-bond acceptors (Lipinski definition) is 5. The van der Waals surface area contributed by atoms with Crippen molar-refractivity contribution in [3.05, 3.63) is 53.1 Å². The fourth-order valence-electron chi connectivity index (χ4n) is 4.60. The number of hydrogen-bond donors (Lipinski definition) is 1. The second-order valence-electron chi connectivity index (χ2n) is 8.48. The van der Waals surface area contributed by atoms with Crippen LogP contribution < -0.4 is 49.6 Å². The summed E-state index contributed by atoms with van der Waals surface area (Å²) in [7, 11) is 0. The normalized spacial score (nSPS) is 19.0. The number of nitrogens with zero attached hydrogens (tertiary/aromatic N) is 1. The van der Waals surface area contributed by atoms with Crippen LogP contribution in [0.25, 0.3) is 0 Å². The number of ether oxygens (including phenoxy) is 1. The molecule has 1 unspecified atom stereocenters. The van der Waals surface area contributed by atoms with Gasteiger partial charge in [-0.1, -0.05) is 24.3 Å². The van der Waals surface area contributed by atoms with E-state index in [1.165, 1.54) is 5.56 Å². The van der Waals surface area contributed by atoms with Crippen LogP contribution in [0, 0.1) is 5.92 Å². The number of amides is 1. The molecular weight excluding hydrogens is 403 g/mol. The summed E-state index contributed by atoms with van der Waals surface area (Å²) in [4.78, 5) is 25.8. The van der Waals surface area contributed by atoms with E-state index in [1.807, 2.05) is 23.1 Å². The number of aryl methyl sites for hydroxylation is 1. The molecule has 31 heavy (non-hydrogen) atoms. The Balaban J connectivity index is 0.00000231. The number of nitrogens with one attached hydrogen (secondary N) is 1. The Hall–Kier alpha value is -2.02. The third-order valence-corrected chi connectivity index (χ3v) is 6.28. The Morgan fingerprint density at radius 2 is 2.03 bits per heavy atom. The first kappa shape index (κ1) is 22.2. The maximum Gasteiger partial charge on any atom is 1.00 e. The number of para-hydroxylation sites is 1. The van der Waals surface area contributed by atoms with Crippen LogP contribution in [0.5, 0.6) is 5.75 Å². The van der Waals surface area contributed by atoms with Gasteiger partial charge in [0.15, 0.2) is 0 Å². The van der Waals surface area contributed by atoms with E-state index in [9.17, 15) is 14.7 Å². The van der Waals surface area contributed by atoms with Crippen molar-refractivity contribution in [1.29, 1.82) is 0 Å². The van der Waals surface area contributed by atoms with E-state index in [1.54, 1.807) is 0 Å². The number of fused-ring (bicyclic) bond motifs is 2. The van der Waals surface area contributed by atoms with Crippen LogP contribution in [0.3, 0.4) is 0 Å². The number of aliphatic carboxylic acids is 1. The van der Waals surface area contributed by atoms with Gasteiger partial charge in [0.25, 0.3) is 0 Å². The molecule has 156 valence electrons. The third kappa shape index (κ3) is 4.61. The van der Waals surface area contributed by atoms with Gasteiger partial charge in [-0.3, -0.25) is 4.79 Å². The molecule has 2 aliphatic heterocycles. The molecule has 1 amide bonds.